The molecule has 0 aromatic carbocycles. The SMILES string of the molecule is [2H]c1cc2cc3nc(cc4nc(cc5ccc(cc1[nH]2)[nH]5)C=C4)C=C3.[Cd]. The molecule has 0 amide bonds. The molecule has 25 heavy (non-hydrogen) atoms. The first kappa shape index (κ1) is 14.8. The van der Waals surface area contributed by atoms with E-state index < -0.39 is 0 Å². The van der Waals surface area contributed by atoms with Crippen LogP contribution in [0.15, 0.2) is 48.5 Å². The van der Waals surface area contributed by atoms with E-state index in [4.69, 9.17) is 1.37 Å². The monoisotopic (exact) mass is 425 g/mol. The Morgan fingerprint density at radius 3 is 1.72 bits per heavy atom. The largest absolute Gasteiger partial charge is 0.355 e. The van der Waals surface area contributed by atoms with Crippen LogP contribution >= 0.6 is 0 Å². The van der Waals surface area contributed by atoms with Crippen LogP contribution in [0, 0.1) is 0 Å². The zero-order valence-corrected chi connectivity index (χ0v) is 17.5. The van der Waals surface area contributed by atoms with Crippen molar-refractivity contribution in [1.29, 1.82) is 0 Å². The smallest absolute Gasteiger partial charge is 0.0659 e. The van der Waals surface area contributed by atoms with E-state index in [1.807, 2.05) is 66.8 Å². The molecule has 5 rings (SSSR count). The van der Waals surface area contributed by atoms with Crippen LogP contribution in [-0.2, 0) is 27.3 Å². The second-order valence-electron chi connectivity index (χ2n) is 5.82. The van der Waals surface area contributed by atoms with E-state index in [0.717, 1.165) is 44.8 Å². The Labute approximate surface area is 165 Å². The molecule has 0 saturated heterocycles. The summed E-state index contributed by atoms with van der Waals surface area (Å²) < 4.78 is 8.15. The summed E-state index contributed by atoms with van der Waals surface area (Å²) in [5.74, 6) is 0. The third kappa shape index (κ3) is 3.34. The number of aromatic amines is 2. The summed E-state index contributed by atoms with van der Waals surface area (Å²) in [7, 11) is 0. The average Bonchev–Trinajstić information content (AvgIpc) is 3.33. The maximum atomic E-state index is 8.15. The Morgan fingerprint density at radius 1 is 0.600 bits per heavy atom. The first-order valence-electron chi connectivity index (χ1n) is 8.26. The molecule has 5 heteroatoms. The summed E-state index contributed by atoms with van der Waals surface area (Å²) in [6, 6.07) is 14.1. The number of fused-ring (bicyclic) bond motifs is 8. The van der Waals surface area contributed by atoms with Crippen LogP contribution in [0.25, 0.3) is 46.4 Å². The molecule has 116 valence electrons. The van der Waals surface area contributed by atoms with Gasteiger partial charge >= 0.3 is 0 Å². The Kier molecular flexibility index (Phi) is 3.82. The minimum Gasteiger partial charge on any atom is -0.355 e. The maximum Gasteiger partial charge on any atom is 0.0659 e. The molecule has 3 aromatic rings. The van der Waals surface area contributed by atoms with E-state index in [1.165, 1.54) is 0 Å². The fraction of sp³-hybridized carbons (Fsp3) is 0. The van der Waals surface area contributed by atoms with Gasteiger partial charge in [0.15, 0.2) is 0 Å². The number of H-pyrrole nitrogens is 2. The zero-order valence-electron chi connectivity index (χ0n) is 14.5. The van der Waals surface area contributed by atoms with Gasteiger partial charge in [-0.3, -0.25) is 0 Å². The van der Waals surface area contributed by atoms with E-state index in [1.54, 1.807) is 0 Å². The van der Waals surface area contributed by atoms with Crippen molar-refractivity contribution in [1.82, 2.24) is 19.9 Å². The molecular weight excluding hydrogens is 409 g/mol. The molecule has 0 spiro atoms. The molecule has 2 N–H and O–H groups in total. The van der Waals surface area contributed by atoms with Crippen LogP contribution in [0.5, 0.6) is 0 Å². The van der Waals surface area contributed by atoms with Crippen molar-refractivity contribution in [2.24, 2.45) is 0 Å². The van der Waals surface area contributed by atoms with Crippen molar-refractivity contribution in [2.75, 3.05) is 0 Å². The number of aromatic nitrogens is 4. The van der Waals surface area contributed by atoms with Crippen LogP contribution in [0.4, 0.5) is 0 Å². The first-order chi connectivity index (χ1) is 12.2. The van der Waals surface area contributed by atoms with Crippen LogP contribution in [0.1, 0.15) is 24.1 Å². The summed E-state index contributed by atoms with van der Waals surface area (Å²) in [6.45, 7) is 0. The van der Waals surface area contributed by atoms with Gasteiger partial charge in [-0.05, 0) is 72.8 Å². The first-order valence-corrected chi connectivity index (χ1v) is 7.76. The second kappa shape index (κ2) is 6.44. The summed E-state index contributed by atoms with van der Waals surface area (Å²) in [6.07, 6.45) is 7.91. The molecule has 0 fully saturated rings. The Morgan fingerprint density at radius 2 is 1.08 bits per heavy atom. The molecule has 4 nitrogen and oxygen atoms in total. The fourth-order valence-electron chi connectivity index (χ4n) is 2.87. The van der Waals surface area contributed by atoms with E-state index in [0.29, 0.717) is 6.04 Å². The molecular formula is C20H14CdN4. The molecule has 2 aliphatic heterocycles. The summed E-state index contributed by atoms with van der Waals surface area (Å²) in [5.41, 5.74) is 7.04. The van der Waals surface area contributed by atoms with Gasteiger partial charge in [-0.1, -0.05) is 0 Å². The molecule has 0 radical (unpaired) electrons. The van der Waals surface area contributed by atoms with Crippen LogP contribution in [0.3, 0.4) is 0 Å². The molecule has 0 saturated carbocycles. The standard InChI is InChI=1S/C20H14N4.Cd/c1-2-14-10-16-5-6-18(23-16)12-20-8-7-19(24-20)11-17-4-3-15(22-17)9-13(1)21-14;/h1-12,21-22H;/i1D;. The Balaban J connectivity index is 0.00000168. The molecule has 2 aliphatic rings. The minimum absolute atomic E-state index is 0. The van der Waals surface area contributed by atoms with E-state index in [9.17, 15) is 0 Å². The second-order valence-corrected chi connectivity index (χ2v) is 5.82. The van der Waals surface area contributed by atoms with Crippen LogP contribution < -0.4 is 0 Å². The van der Waals surface area contributed by atoms with Gasteiger partial charge in [0.05, 0.1) is 24.1 Å². The van der Waals surface area contributed by atoms with Crippen molar-refractivity contribution in [3.8, 4) is 0 Å². The zero-order chi connectivity index (χ0) is 16.8. The predicted octanol–water partition coefficient (Wildman–Crippen LogP) is 4.65. The molecule has 5 heterocycles. The van der Waals surface area contributed by atoms with Gasteiger partial charge in [0, 0.05) is 49.4 Å². The summed E-state index contributed by atoms with van der Waals surface area (Å²) in [5, 5.41) is 0. The van der Waals surface area contributed by atoms with Gasteiger partial charge in [-0.2, -0.15) is 0 Å². The van der Waals surface area contributed by atoms with Gasteiger partial charge in [0.2, 0.25) is 0 Å². The molecule has 0 aliphatic carbocycles. The average molecular weight is 424 g/mol. The van der Waals surface area contributed by atoms with Crippen molar-refractivity contribution in [3.05, 3.63) is 71.3 Å². The number of nitrogens with one attached hydrogen (secondary N) is 2. The van der Waals surface area contributed by atoms with Crippen molar-refractivity contribution < 1.29 is 28.7 Å². The minimum atomic E-state index is 0. The Bertz CT molecular complexity index is 1220. The third-order valence-electron chi connectivity index (χ3n) is 3.96. The van der Waals surface area contributed by atoms with Crippen molar-refractivity contribution >= 4 is 46.4 Å². The summed E-state index contributed by atoms with van der Waals surface area (Å²) >= 11 is 0. The van der Waals surface area contributed by atoms with Crippen molar-refractivity contribution in [3.63, 3.8) is 0 Å². The third-order valence-corrected chi connectivity index (χ3v) is 3.96. The molecule has 8 bridgehead atoms. The van der Waals surface area contributed by atoms with E-state index in [-0.39, 0.29) is 27.3 Å². The maximum absolute atomic E-state index is 8.15. The number of hydrogen-bond acceptors (Lipinski definition) is 2. The van der Waals surface area contributed by atoms with Gasteiger partial charge in [0.25, 0.3) is 0 Å². The Hall–Kier alpha value is -2.48. The quantitative estimate of drug-likeness (QED) is 0.356. The van der Waals surface area contributed by atoms with Gasteiger partial charge < -0.3 is 9.97 Å². The molecule has 0 atom stereocenters. The number of nitrogens with zero attached hydrogens (tertiary/aromatic N) is 2. The molecule has 0 unspecified atom stereocenters. The van der Waals surface area contributed by atoms with Gasteiger partial charge in [0.1, 0.15) is 0 Å². The normalized spacial score (nSPS) is 12.7. The number of rotatable bonds is 0. The summed E-state index contributed by atoms with van der Waals surface area (Å²) in [4.78, 5) is 15.8. The fourth-order valence-corrected chi connectivity index (χ4v) is 2.87. The number of hydrogen-bond donors (Lipinski definition) is 2. The van der Waals surface area contributed by atoms with Crippen molar-refractivity contribution in [2.45, 2.75) is 0 Å². The van der Waals surface area contributed by atoms with E-state index >= 15 is 0 Å². The molecule has 3 aromatic heterocycles. The predicted molar refractivity (Wildman–Crippen MR) is 98.9 cm³/mol. The van der Waals surface area contributed by atoms with Gasteiger partial charge in [-0.25, -0.2) is 9.97 Å². The van der Waals surface area contributed by atoms with Crippen LogP contribution in [0.2, 0.25) is 0 Å². The van der Waals surface area contributed by atoms with E-state index in [2.05, 4.69) is 19.9 Å². The topological polar surface area (TPSA) is 57.4 Å². The van der Waals surface area contributed by atoms with Gasteiger partial charge in [-0.15, -0.1) is 0 Å². The van der Waals surface area contributed by atoms with Crippen LogP contribution in [-0.4, -0.2) is 19.9 Å².